The van der Waals surface area contributed by atoms with E-state index in [9.17, 15) is 35.9 Å². The first-order valence-corrected chi connectivity index (χ1v) is 10.6. The molecule has 1 saturated heterocycles. The van der Waals surface area contributed by atoms with Crippen molar-refractivity contribution in [3.05, 3.63) is 58.7 Å². The van der Waals surface area contributed by atoms with Gasteiger partial charge in [0.05, 0.1) is 16.7 Å². The fourth-order valence-corrected chi connectivity index (χ4v) is 3.66. The van der Waals surface area contributed by atoms with Crippen LogP contribution < -0.4 is 15.5 Å². The highest BCUT2D eigenvalue weighted by atomic mass is 19.4. The van der Waals surface area contributed by atoms with Gasteiger partial charge < -0.3 is 15.5 Å². The van der Waals surface area contributed by atoms with Gasteiger partial charge in [-0.2, -0.15) is 26.3 Å². The van der Waals surface area contributed by atoms with Crippen molar-refractivity contribution in [3.8, 4) is 0 Å². The minimum atomic E-state index is -5.07. The predicted molar refractivity (Wildman–Crippen MR) is 115 cm³/mol. The van der Waals surface area contributed by atoms with Crippen molar-refractivity contribution < 1.29 is 35.9 Å². The second-order valence-corrected chi connectivity index (χ2v) is 8.30. The minimum Gasteiger partial charge on any atom is -0.371 e. The maximum Gasteiger partial charge on any atom is 0.416 e. The highest BCUT2D eigenvalue weighted by Crippen LogP contribution is 2.36. The fourth-order valence-electron chi connectivity index (χ4n) is 3.66. The molecule has 1 aliphatic heterocycles. The first-order chi connectivity index (χ1) is 15.8. The van der Waals surface area contributed by atoms with E-state index in [1.807, 2.05) is 4.90 Å². The van der Waals surface area contributed by atoms with Gasteiger partial charge in [0.15, 0.2) is 0 Å². The minimum absolute atomic E-state index is 0.0457. The van der Waals surface area contributed by atoms with Gasteiger partial charge in [-0.25, -0.2) is 0 Å². The molecule has 3 rings (SSSR count). The number of carbonyl (C=O) groups excluding carboxylic acids is 2. The highest BCUT2D eigenvalue weighted by Gasteiger charge is 2.37. The van der Waals surface area contributed by atoms with E-state index in [2.05, 4.69) is 10.6 Å². The van der Waals surface area contributed by atoms with Crippen LogP contribution in [0.5, 0.6) is 0 Å². The van der Waals surface area contributed by atoms with Gasteiger partial charge in [-0.05, 0) is 63.1 Å². The van der Waals surface area contributed by atoms with E-state index in [-0.39, 0.29) is 23.4 Å². The molecule has 0 spiro atoms. The number of rotatable bonds is 5. The molecule has 0 bridgehead atoms. The largest absolute Gasteiger partial charge is 0.416 e. The Hall–Kier alpha value is -3.24. The molecule has 5 nitrogen and oxygen atoms in total. The molecule has 1 aliphatic rings. The quantitative estimate of drug-likeness (QED) is 0.531. The van der Waals surface area contributed by atoms with Crippen molar-refractivity contribution in [2.75, 3.05) is 23.3 Å². The molecule has 0 unspecified atom stereocenters. The molecule has 2 amide bonds. The number of hydrogen-bond donors (Lipinski definition) is 2. The molecule has 1 heterocycles. The van der Waals surface area contributed by atoms with Crippen LogP contribution in [0, 0.1) is 0 Å². The molecular formula is C23H23F6N3O2. The summed E-state index contributed by atoms with van der Waals surface area (Å²) in [6.45, 7) is 5.01. The second kappa shape index (κ2) is 9.55. The second-order valence-electron chi connectivity index (χ2n) is 8.30. The number of benzene rings is 2. The maximum absolute atomic E-state index is 13.1. The molecule has 0 aliphatic carbocycles. The van der Waals surface area contributed by atoms with E-state index in [0.29, 0.717) is 17.8 Å². The van der Waals surface area contributed by atoms with E-state index < -0.39 is 40.9 Å². The summed E-state index contributed by atoms with van der Waals surface area (Å²) in [5.74, 6) is -1.58. The lowest BCUT2D eigenvalue weighted by Gasteiger charge is -2.22. The Labute approximate surface area is 192 Å². The van der Waals surface area contributed by atoms with Crippen LogP contribution in [-0.2, 0) is 12.4 Å². The number of anilines is 2. The Morgan fingerprint density at radius 2 is 1.41 bits per heavy atom. The van der Waals surface area contributed by atoms with Gasteiger partial charge in [-0.15, -0.1) is 0 Å². The molecule has 184 valence electrons. The zero-order valence-corrected chi connectivity index (χ0v) is 18.4. The van der Waals surface area contributed by atoms with Crippen LogP contribution in [0.25, 0.3) is 0 Å². The molecule has 2 aromatic rings. The lowest BCUT2D eigenvalue weighted by molar-refractivity contribution is -0.143. The SMILES string of the molecule is CC(C)NC(=O)c1cc(NC(=O)c2cc(C(F)(F)F)cc(C(F)(F)F)c2)ccc1N1CCCC1. The van der Waals surface area contributed by atoms with Crippen LogP contribution >= 0.6 is 0 Å². The Bertz CT molecular complexity index is 1040. The zero-order valence-electron chi connectivity index (χ0n) is 18.4. The molecule has 0 aromatic heterocycles. The monoisotopic (exact) mass is 487 g/mol. The topological polar surface area (TPSA) is 61.4 Å². The maximum atomic E-state index is 13.1. The first kappa shape index (κ1) is 25.4. The van der Waals surface area contributed by atoms with Crippen molar-refractivity contribution in [2.45, 2.75) is 45.1 Å². The summed E-state index contributed by atoms with van der Waals surface area (Å²) < 4.78 is 78.7. The number of nitrogens with one attached hydrogen (secondary N) is 2. The summed E-state index contributed by atoms with van der Waals surface area (Å²) in [7, 11) is 0. The molecule has 2 aromatic carbocycles. The smallest absolute Gasteiger partial charge is 0.371 e. The Morgan fingerprint density at radius 3 is 1.91 bits per heavy atom. The van der Waals surface area contributed by atoms with Crippen molar-refractivity contribution in [3.63, 3.8) is 0 Å². The normalized spacial score (nSPS) is 14.4. The third-order valence-corrected chi connectivity index (χ3v) is 5.22. The molecule has 0 atom stereocenters. The van der Waals surface area contributed by atoms with Crippen LogP contribution in [0.2, 0.25) is 0 Å². The number of amides is 2. The molecule has 2 N–H and O–H groups in total. The lowest BCUT2D eigenvalue weighted by Crippen LogP contribution is -2.32. The summed E-state index contributed by atoms with van der Waals surface area (Å²) in [5.41, 5.74) is -3.05. The van der Waals surface area contributed by atoms with Crippen LogP contribution in [0.1, 0.15) is 58.5 Å². The molecule has 11 heteroatoms. The molecule has 0 saturated carbocycles. The predicted octanol–water partition coefficient (Wildman–Crippen LogP) is 5.71. The van der Waals surface area contributed by atoms with Crippen LogP contribution in [-0.4, -0.2) is 30.9 Å². The van der Waals surface area contributed by atoms with E-state index in [4.69, 9.17) is 0 Å². The first-order valence-electron chi connectivity index (χ1n) is 10.6. The van der Waals surface area contributed by atoms with Crippen LogP contribution in [0.15, 0.2) is 36.4 Å². The zero-order chi connectivity index (χ0) is 25.3. The third kappa shape index (κ3) is 6.00. The van der Waals surface area contributed by atoms with E-state index in [1.54, 1.807) is 19.9 Å². The molecule has 0 radical (unpaired) electrons. The summed E-state index contributed by atoms with van der Waals surface area (Å²) in [4.78, 5) is 27.4. The summed E-state index contributed by atoms with van der Waals surface area (Å²) >= 11 is 0. The molecule has 34 heavy (non-hydrogen) atoms. The van der Waals surface area contributed by atoms with Gasteiger partial charge in [0, 0.05) is 36.1 Å². The van der Waals surface area contributed by atoms with Crippen molar-refractivity contribution in [1.29, 1.82) is 0 Å². The van der Waals surface area contributed by atoms with Gasteiger partial charge in [-0.1, -0.05) is 0 Å². The van der Waals surface area contributed by atoms with Gasteiger partial charge in [-0.3, -0.25) is 9.59 Å². The van der Waals surface area contributed by atoms with Gasteiger partial charge >= 0.3 is 12.4 Å². The van der Waals surface area contributed by atoms with Gasteiger partial charge in [0.2, 0.25) is 0 Å². The lowest BCUT2D eigenvalue weighted by atomic mass is 10.0. The van der Waals surface area contributed by atoms with E-state index in [0.717, 1.165) is 25.9 Å². The standard InChI is InChI=1S/C23H23F6N3O2/c1-13(2)30-21(34)18-12-17(5-6-19(18)32-7-3-4-8-32)31-20(33)14-9-15(22(24,25)26)11-16(10-14)23(27,28)29/h5-6,9-13H,3-4,7-8H2,1-2H3,(H,30,34)(H,31,33). The summed E-state index contributed by atoms with van der Waals surface area (Å²) in [5, 5.41) is 5.06. The summed E-state index contributed by atoms with van der Waals surface area (Å²) in [6, 6.07) is 4.91. The summed E-state index contributed by atoms with van der Waals surface area (Å²) in [6.07, 6.45) is -8.26. The van der Waals surface area contributed by atoms with Crippen LogP contribution in [0.3, 0.4) is 0 Å². The van der Waals surface area contributed by atoms with Crippen molar-refractivity contribution in [1.82, 2.24) is 5.32 Å². The number of nitrogens with zero attached hydrogens (tertiary/aromatic N) is 1. The molecule has 1 fully saturated rings. The fraction of sp³-hybridized carbons (Fsp3) is 0.391. The Kier molecular flexibility index (Phi) is 7.13. The average Bonchev–Trinajstić information content (AvgIpc) is 3.26. The van der Waals surface area contributed by atoms with Gasteiger partial charge in [0.25, 0.3) is 11.8 Å². The number of hydrogen-bond acceptors (Lipinski definition) is 3. The average molecular weight is 487 g/mol. The van der Waals surface area contributed by atoms with Crippen molar-refractivity contribution >= 4 is 23.2 Å². The number of carbonyl (C=O) groups is 2. The van der Waals surface area contributed by atoms with E-state index in [1.165, 1.54) is 12.1 Å². The number of halogens is 6. The Morgan fingerprint density at radius 1 is 0.853 bits per heavy atom. The third-order valence-electron chi connectivity index (χ3n) is 5.22. The number of alkyl halides is 6. The van der Waals surface area contributed by atoms with Gasteiger partial charge in [0.1, 0.15) is 0 Å². The Balaban J connectivity index is 1.96. The highest BCUT2D eigenvalue weighted by molar-refractivity contribution is 6.06. The van der Waals surface area contributed by atoms with E-state index >= 15 is 0 Å². The molecular weight excluding hydrogens is 464 g/mol. The van der Waals surface area contributed by atoms with Crippen molar-refractivity contribution in [2.24, 2.45) is 0 Å². The van der Waals surface area contributed by atoms with Crippen LogP contribution in [0.4, 0.5) is 37.7 Å².